The van der Waals surface area contributed by atoms with Crippen molar-refractivity contribution in [2.45, 2.75) is 110 Å². The molecule has 0 heterocycles. The van der Waals surface area contributed by atoms with Crippen LogP contribution in [0.5, 0.6) is 0 Å². The number of nitrogens with zero attached hydrogens (tertiary/aromatic N) is 1. The number of unbranched alkanes of at least 4 members (excludes halogenated alkanes) is 12. The van der Waals surface area contributed by atoms with Crippen molar-refractivity contribution in [2.75, 3.05) is 27.2 Å². The molecule has 29 heavy (non-hydrogen) atoms. The standard InChI is InChI=1S/C21H38N.C6H13O/c1-4-5-6-7-8-9-10-11-12-16-19-22(2,3)20-21-17-14-13-15-18-21;1-2-3-4-5-6-7/h13-15,17-18H,4-12,16,19-20H2,1-3H3;2-6H2,1H3/q+1;-1. The maximum Gasteiger partial charge on any atom is 0.104 e. The average Bonchev–Trinajstić information content (AvgIpc) is 2.71. The number of hydrogen-bond acceptors (Lipinski definition) is 1. The van der Waals surface area contributed by atoms with Crippen molar-refractivity contribution >= 4 is 0 Å². The van der Waals surface area contributed by atoms with Gasteiger partial charge >= 0.3 is 0 Å². The number of benzene rings is 1. The zero-order chi connectivity index (χ0) is 21.6. The van der Waals surface area contributed by atoms with Crippen molar-refractivity contribution in [2.24, 2.45) is 0 Å². The van der Waals surface area contributed by atoms with Gasteiger partial charge in [-0.25, -0.2) is 0 Å². The Morgan fingerprint density at radius 2 is 1.07 bits per heavy atom. The quantitative estimate of drug-likeness (QED) is 0.200. The molecule has 0 saturated heterocycles. The third-order valence-electron chi connectivity index (χ3n) is 5.57. The zero-order valence-corrected chi connectivity index (χ0v) is 20.3. The van der Waals surface area contributed by atoms with Crippen molar-refractivity contribution < 1.29 is 9.59 Å². The maximum absolute atomic E-state index is 9.80. The largest absolute Gasteiger partial charge is 0.854 e. The van der Waals surface area contributed by atoms with Crippen molar-refractivity contribution in [3.05, 3.63) is 35.9 Å². The SMILES string of the molecule is CCCCCCCCCCCC[N+](C)(C)Cc1ccccc1.CCCCCC[O-]. The Balaban J connectivity index is 0.000000956. The second-order valence-electron chi connectivity index (χ2n) is 9.25. The van der Waals surface area contributed by atoms with E-state index in [1.54, 1.807) is 0 Å². The highest BCUT2D eigenvalue weighted by Crippen LogP contribution is 2.14. The molecule has 0 saturated carbocycles. The summed E-state index contributed by atoms with van der Waals surface area (Å²) in [5.74, 6) is 0. The summed E-state index contributed by atoms with van der Waals surface area (Å²) in [6, 6.07) is 10.9. The average molecular weight is 406 g/mol. The van der Waals surface area contributed by atoms with Gasteiger partial charge in [-0.2, -0.15) is 0 Å². The van der Waals surface area contributed by atoms with Crippen LogP contribution in [0.15, 0.2) is 30.3 Å². The predicted molar refractivity (Wildman–Crippen MR) is 128 cm³/mol. The molecule has 0 aromatic heterocycles. The monoisotopic (exact) mass is 405 g/mol. The molecule has 0 atom stereocenters. The van der Waals surface area contributed by atoms with Crippen LogP contribution in [0.1, 0.15) is 109 Å². The van der Waals surface area contributed by atoms with Crippen molar-refractivity contribution in [3.8, 4) is 0 Å². The van der Waals surface area contributed by atoms with E-state index >= 15 is 0 Å². The minimum Gasteiger partial charge on any atom is -0.854 e. The van der Waals surface area contributed by atoms with E-state index < -0.39 is 0 Å². The van der Waals surface area contributed by atoms with E-state index in [9.17, 15) is 5.11 Å². The zero-order valence-electron chi connectivity index (χ0n) is 20.3. The van der Waals surface area contributed by atoms with Gasteiger partial charge in [0, 0.05) is 5.56 Å². The summed E-state index contributed by atoms with van der Waals surface area (Å²) in [4.78, 5) is 0. The summed E-state index contributed by atoms with van der Waals surface area (Å²) in [5, 5.41) is 9.80. The van der Waals surface area contributed by atoms with Crippen LogP contribution < -0.4 is 5.11 Å². The smallest absolute Gasteiger partial charge is 0.104 e. The molecule has 0 amide bonds. The molecule has 0 N–H and O–H groups in total. The Morgan fingerprint density at radius 3 is 1.55 bits per heavy atom. The van der Waals surface area contributed by atoms with Crippen LogP contribution in [0, 0.1) is 0 Å². The van der Waals surface area contributed by atoms with Gasteiger partial charge in [-0.1, -0.05) is 121 Å². The van der Waals surface area contributed by atoms with Crippen LogP contribution in [-0.2, 0) is 6.54 Å². The van der Waals surface area contributed by atoms with Gasteiger partial charge in [-0.05, 0) is 12.8 Å². The lowest BCUT2D eigenvalue weighted by atomic mass is 10.1. The first-order chi connectivity index (χ1) is 14.1. The molecule has 0 fully saturated rings. The fraction of sp³-hybridized carbons (Fsp3) is 0.778. The van der Waals surface area contributed by atoms with Gasteiger partial charge in [0.1, 0.15) is 6.54 Å². The molecule has 0 bridgehead atoms. The summed E-state index contributed by atoms with van der Waals surface area (Å²) in [7, 11) is 4.72. The third-order valence-corrected chi connectivity index (χ3v) is 5.57. The maximum atomic E-state index is 9.80. The summed E-state index contributed by atoms with van der Waals surface area (Å²) >= 11 is 0. The molecule has 0 spiro atoms. The van der Waals surface area contributed by atoms with Gasteiger partial charge in [-0.15, -0.1) is 6.61 Å². The van der Waals surface area contributed by atoms with Crippen molar-refractivity contribution in [3.63, 3.8) is 0 Å². The fourth-order valence-corrected chi connectivity index (χ4v) is 3.71. The number of rotatable bonds is 17. The number of hydrogen-bond donors (Lipinski definition) is 0. The predicted octanol–water partition coefficient (Wildman–Crippen LogP) is 7.11. The molecule has 0 aliphatic rings. The molecular weight excluding hydrogens is 354 g/mol. The molecule has 0 aliphatic carbocycles. The van der Waals surface area contributed by atoms with E-state index in [0.717, 1.165) is 23.9 Å². The summed E-state index contributed by atoms with van der Waals surface area (Å²) in [6.45, 7) is 6.99. The van der Waals surface area contributed by atoms with E-state index in [1.165, 1.54) is 89.2 Å². The molecule has 0 unspecified atom stereocenters. The van der Waals surface area contributed by atoms with Crippen LogP contribution in [-0.4, -0.2) is 31.7 Å². The highest BCUT2D eigenvalue weighted by molar-refractivity contribution is 5.13. The lowest BCUT2D eigenvalue weighted by Crippen LogP contribution is -2.39. The van der Waals surface area contributed by atoms with Crippen LogP contribution >= 0.6 is 0 Å². The van der Waals surface area contributed by atoms with Gasteiger partial charge in [0.15, 0.2) is 0 Å². The first-order valence-corrected chi connectivity index (χ1v) is 12.5. The molecule has 1 rings (SSSR count). The Morgan fingerprint density at radius 1 is 0.621 bits per heavy atom. The Hall–Kier alpha value is -0.860. The third kappa shape index (κ3) is 20.2. The topological polar surface area (TPSA) is 23.1 Å². The molecule has 2 heteroatoms. The molecule has 0 aliphatic heterocycles. The van der Waals surface area contributed by atoms with Crippen LogP contribution in [0.25, 0.3) is 0 Å². The summed E-state index contributed by atoms with van der Waals surface area (Å²) in [5.41, 5.74) is 1.46. The summed E-state index contributed by atoms with van der Waals surface area (Å²) in [6.07, 6.45) is 18.7. The molecule has 0 radical (unpaired) electrons. The lowest BCUT2D eigenvalue weighted by molar-refractivity contribution is -0.903. The van der Waals surface area contributed by atoms with Crippen LogP contribution in [0.4, 0.5) is 0 Å². The Labute approximate surface area is 183 Å². The van der Waals surface area contributed by atoms with Crippen LogP contribution in [0.2, 0.25) is 0 Å². The van der Waals surface area contributed by atoms with Crippen LogP contribution in [0.3, 0.4) is 0 Å². The number of quaternary nitrogens is 1. The second-order valence-corrected chi connectivity index (χ2v) is 9.25. The molecule has 2 nitrogen and oxygen atoms in total. The van der Waals surface area contributed by atoms with E-state index in [4.69, 9.17) is 0 Å². The van der Waals surface area contributed by atoms with Gasteiger partial charge in [-0.3, -0.25) is 0 Å². The van der Waals surface area contributed by atoms with Gasteiger partial charge in [0.25, 0.3) is 0 Å². The second kappa shape index (κ2) is 20.4. The Kier molecular flexibility index (Phi) is 19.8. The van der Waals surface area contributed by atoms with E-state index in [0.29, 0.717) is 0 Å². The van der Waals surface area contributed by atoms with E-state index in [-0.39, 0.29) is 6.61 Å². The molecule has 1 aromatic rings. The van der Waals surface area contributed by atoms with E-state index in [2.05, 4.69) is 58.3 Å². The van der Waals surface area contributed by atoms with Crippen molar-refractivity contribution in [1.82, 2.24) is 0 Å². The molecular formula is C27H51NO. The highest BCUT2D eigenvalue weighted by atomic mass is 16.2. The Bertz CT molecular complexity index is 425. The van der Waals surface area contributed by atoms with Gasteiger partial charge in [0.2, 0.25) is 0 Å². The molecule has 1 aromatic carbocycles. The normalized spacial score (nSPS) is 11.2. The fourth-order valence-electron chi connectivity index (χ4n) is 3.71. The highest BCUT2D eigenvalue weighted by Gasteiger charge is 2.14. The molecule has 170 valence electrons. The van der Waals surface area contributed by atoms with Gasteiger partial charge < -0.3 is 9.59 Å². The van der Waals surface area contributed by atoms with Gasteiger partial charge in [0.05, 0.1) is 20.6 Å². The summed E-state index contributed by atoms with van der Waals surface area (Å²) < 4.78 is 1.11. The first-order valence-electron chi connectivity index (χ1n) is 12.5. The lowest BCUT2D eigenvalue weighted by Gasteiger charge is -2.30. The van der Waals surface area contributed by atoms with Crippen molar-refractivity contribution in [1.29, 1.82) is 0 Å². The first kappa shape index (κ1) is 28.1. The van der Waals surface area contributed by atoms with E-state index in [1.807, 2.05) is 0 Å². The minimum atomic E-state index is 0.111. The minimum absolute atomic E-state index is 0.111.